The lowest BCUT2D eigenvalue weighted by molar-refractivity contribution is 0.102. The Morgan fingerprint density at radius 2 is 1.84 bits per heavy atom. The maximum Gasteiger partial charge on any atom is 0.286 e. The van der Waals surface area contributed by atoms with Crippen LogP contribution in [-0.4, -0.2) is 61.8 Å². The average Bonchev–Trinajstić information content (AvgIpc) is 3.46. The number of nitrogens with one attached hydrogen (secondary N) is 2. The average molecular weight is 602 g/mol. The number of aromatic amines is 1. The number of nitrogens with zero attached hydrogens (tertiary/aromatic N) is 5. The van der Waals surface area contributed by atoms with Gasteiger partial charge in [-0.3, -0.25) is 19.3 Å². The van der Waals surface area contributed by atoms with Gasteiger partial charge in [0.2, 0.25) is 5.88 Å². The van der Waals surface area contributed by atoms with E-state index in [1.54, 1.807) is 6.07 Å². The Bertz CT molecular complexity index is 1850. The van der Waals surface area contributed by atoms with Crippen LogP contribution in [0.25, 0.3) is 16.7 Å². The molecule has 0 atom stereocenters. The summed E-state index contributed by atoms with van der Waals surface area (Å²) in [5.74, 6) is -1.14. The largest absolute Gasteiger partial charge is 0.476 e. The van der Waals surface area contributed by atoms with Crippen molar-refractivity contribution < 1.29 is 23.0 Å². The number of anilines is 1. The number of hydrogen-bond donors (Lipinski definition) is 2. The monoisotopic (exact) mass is 601 g/mol. The van der Waals surface area contributed by atoms with Gasteiger partial charge in [-0.1, -0.05) is 6.92 Å². The van der Waals surface area contributed by atoms with Crippen LogP contribution in [0.4, 0.5) is 14.5 Å². The zero-order valence-corrected chi connectivity index (χ0v) is 23.8. The smallest absolute Gasteiger partial charge is 0.286 e. The number of H-pyrrole nitrogens is 1. The molecule has 2 N–H and O–H groups in total. The molecule has 4 heterocycles. The Labute approximate surface area is 250 Å². The predicted octanol–water partition coefficient (Wildman–Crippen LogP) is 4.94. The summed E-state index contributed by atoms with van der Waals surface area (Å²) < 4.78 is 41.6. The number of rotatable bonds is 9. The molecule has 2 aromatic carbocycles. The van der Waals surface area contributed by atoms with Crippen LogP contribution in [0.2, 0.25) is 0 Å². The third kappa shape index (κ3) is 6.13. The van der Waals surface area contributed by atoms with E-state index in [2.05, 4.69) is 37.3 Å². The first-order valence-corrected chi connectivity index (χ1v) is 14.2. The molecular weight excluding hydrogens is 572 g/mol. The molecular formula is C31H29F2N7O4. The molecule has 0 saturated carbocycles. The first kappa shape index (κ1) is 28.9. The van der Waals surface area contributed by atoms with Crippen molar-refractivity contribution >= 4 is 22.6 Å². The highest BCUT2D eigenvalue weighted by Crippen LogP contribution is 2.36. The molecule has 226 valence electrons. The molecule has 1 aliphatic heterocycles. The zero-order chi connectivity index (χ0) is 30.6. The topological polar surface area (TPSA) is 127 Å². The first-order valence-electron chi connectivity index (χ1n) is 14.2. The molecule has 11 nitrogen and oxygen atoms in total. The van der Waals surface area contributed by atoms with Gasteiger partial charge >= 0.3 is 0 Å². The van der Waals surface area contributed by atoms with Crippen molar-refractivity contribution in [2.75, 3.05) is 31.6 Å². The Hall–Kier alpha value is -5.17. The fourth-order valence-corrected chi connectivity index (χ4v) is 5.09. The fraction of sp³-hybridized carbons (Fsp3) is 0.258. The highest BCUT2D eigenvalue weighted by molar-refractivity contribution is 6.02. The van der Waals surface area contributed by atoms with Crippen LogP contribution >= 0.6 is 0 Å². The van der Waals surface area contributed by atoms with Gasteiger partial charge in [-0.2, -0.15) is 0 Å². The van der Waals surface area contributed by atoms with Gasteiger partial charge in [-0.15, -0.1) is 5.10 Å². The van der Waals surface area contributed by atoms with E-state index in [1.807, 2.05) is 0 Å². The summed E-state index contributed by atoms with van der Waals surface area (Å²) >= 11 is 0. The molecule has 3 aromatic heterocycles. The molecule has 0 bridgehead atoms. The first-order chi connectivity index (χ1) is 21.4. The Morgan fingerprint density at radius 1 is 1.05 bits per heavy atom. The maximum absolute atomic E-state index is 15.2. The van der Waals surface area contributed by atoms with E-state index < -0.39 is 28.8 Å². The lowest BCUT2D eigenvalue weighted by Crippen LogP contribution is -2.35. The molecule has 1 fully saturated rings. The van der Waals surface area contributed by atoms with Crippen LogP contribution < -0.4 is 20.3 Å². The number of likely N-dealkylation sites (tertiary alicyclic amines) is 1. The van der Waals surface area contributed by atoms with Crippen molar-refractivity contribution in [3.63, 3.8) is 0 Å². The van der Waals surface area contributed by atoms with Gasteiger partial charge in [-0.05, 0) is 74.8 Å². The summed E-state index contributed by atoms with van der Waals surface area (Å²) in [4.78, 5) is 36.4. The number of benzene rings is 2. The Kier molecular flexibility index (Phi) is 8.28. The van der Waals surface area contributed by atoms with Gasteiger partial charge in [0, 0.05) is 42.1 Å². The normalized spacial score (nSPS) is 14.1. The lowest BCUT2D eigenvalue weighted by atomic mass is 9.98. The molecule has 0 spiro atoms. The highest BCUT2D eigenvalue weighted by atomic mass is 19.1. The van der Waals surface area contributed by atoms with E-state index in [0.29, 0.717) is 40.9 Å². The molecule has 0 aliphatic carbocycles. The molecule has 1 amide bonds. The second-order valence-corrected chi connectivity index (χ2v) is 10.4. The lowest BCUT2D eigenvalue weighted by Gasteiger charge is -2.30. The van der Waals surface area contributed by atoms with E-state index in [0.717, 1.165) is 43.1 Å². The highest BCUT2D eigenvalue weighted by Gasteiger charge is 2.22. The van der Waals surface area contributed by atoms with Gasteiger partial charge in [0.1, 0.15) is 17.0 Å². The van der Waals surface area contributed by atoms with E-state index in [4.69, 9.17) is 9.47 Å². The van der Waals surface area contributed by atoms with Gasteiger partial charge < -0.3 is 19.7 Å². The summed E-state index contributed by atoms with van der Waals surface area (Å²) in [6.45, 7) is 5.77. The molecule has 13 heteroatoms. The second kappa shape index (κ2) is 12.6. The number of halogens is 2. The van der Waals surface area contributed by atoms with Gasteiger partial charge in [-0.25, -0.2) is 18.7 Å². The number of aromatic nitrogens is 5. The number of pyridine rings is 1. The molecule has 1 aliphatic rings. The van der Waals surface area contributed by atoms with E-state index >= 15 is 4.39 Å². The fourth-order valence-electron chi connectivity index (χ4n) is 5.09. The van der Waals surface area contributed by atoms with Gasteiger partial charge in [0.25, 0.3) is 11.5 Å². The third-order valence-corrected chi connectivity index (χ3v) is 7.57. The molecule has 1 saturated heterocycles. The maximum atomic E-state index is 15.2. The van der Waals surface area contributed by atoms with Crippen LogP contribution in [-0.2, 0) is 0 Å². The van der Waals surface area contributed by atoms with Gasteiger partial charge in [0.05, 0.1) is 6.61 Å². The summed E-state index contributed by atoms with van der Waals surface area (Å²) in [6.07, 6.45) is 6.22. The summed E-state index contributed by atoms with van der Waals surface area (Å²) in [6, 6.07) is 10.7. The van der Waals surface area contributed by atoms with Crippen molar-refractivity contribution in [2.24, 2.45) is 5.92 Å². The molecule has 44 heavy (non-hydrogen) atoms. The van der Waals surface area contributed by atoms with Crippen LogP contribution in [0.15, 0.2) is 71.9 Å². The summed E-state index contributed by atoms with van der Waals surface area (Å²) in [5.41, 5.74) is -0.263. The number of carbonyl (C=O) groups is 1. The van der Waals surface area contributed by atoms with Crippen molar-refractivity contribution in [3.8, 4) is 23.1 Å². The SMILES string of the molecule is CCN1CCC(COc2n[nH]c3nccc(Oc4ccc(NC(=O)c5nccn(-c6ccc(F)cc6)c5=O)cc4F)c23)CC1. The minimum absolute atomic E-state index is 0.0829. The molecule has 0 radical (unpaired) electrons. The van der Waals surface area contributed by atoms with Gasteiger partial charge in [0.15, 0.2) is 22.9 Å². The van der Waals surface area contributed by atoms with Crippen LogP contribution in [0, 0.1) is 17.6 Å². The second-order valence-electron chi connectivity index (χ2n) is 10.4. The van der Waals surface area contributed by atoms with Crippen LogP contribution in [0.1, 0.15) is 30.3 Å². The minimum Gasteiger partial charge on any atom is -0.476 e. The number of amides is 1. The predicted molar refractivity (Wildman–Crippen MR) is 158 cm³/mol. The molecule has 6 rings (SSSR count). The molecule has 0 unspecified atom stereocenters. The van der Waals surface area contributed by atoms with Crippen LogP contribution in [0.5, 0.6) is 17.4 Å². The number of carbonyl (C=O) groups excluding carboxylic acids is 1. The van der Waals surface area contributed by atoms with Crippen molar-refractivity contribution in [3.05, 3.63) is 94.8 Å². The number of fused-ring (bicyclic) bond motifs is 1. The van der Waals surface area contributed by atoms with E-state index in [-0.39, 0.29) is 11.4 Å². The Morgan fingerprint density at radius 3 is 2.59 bits per heavy atom. The summed E-state index contributed by atoms with van der Waals surface area (Å²) in [7, 11) is 0. The quantitative estimate of drug-likeness (QED) is 0.243. The van der Waals surface area contributed by atoms with Crippen molar-refractivity contribution in [1.82, 2.24) is 29.6 Å². The van der Waals surface area contributed by atoms with Crippen molar-refractivity contribution in [1.29, 1.82) is 0 Å². The van der Waals surface area contributed by atoms with Crippen molar-refractivity contribution in [2.45, 2.75) is 19.8 Å². The van der Waals surface area contributed by atoms with E-state index in [1.165, 1.54) is 55.0 Å². The Balaban J connectivity index is 1.16. The number of hydrogen-bond acceptors (Lipinski definition) is 8. The van der Waals surface area contributed by atoms with Crippen LogP contribution in [0.3, 0.4) is 0 Å². The molecule has 5 aromatic rings. The third-order valence-electron chi connectivity index (χ3n) is 7.57. The number of piperidine rings is 1. The van der Waals surface area contributed by atoms with E-state index in [9.17, 15) is 14.0 Å². The standard InChI is InChI=1S/C31H29F2N7O4/c1-2-39-14-10-19(11-15-39)18-43-30-26-25(9-12-35-28(26)37-38-30)44-24-8-5-21(17-23(24)33)36-29(41)27-31(42)40(16-13-34-27)22-6-3-20(32)4-7-22/h3-9,12-13,16-17,19H,2,10-11,14-15,18H2,1H3,(H,36,41)(H,35,37,38). The zero-order valence-electron chi connectivity index (χ0n) is 23.8. The summed E-state index contributed by atoms with van der Waals surface area (Å²) in [5, 5.41) is 10.1. The number of ether oxygens (including phenoxy) is 2. The minimum atomic E-state index is -0.837.